The molecule has 1 aromatic rings. The molecule has 6 heteroatoms. The summed E-state index contributed by atoms with van der Waals surface area (Å²) in [5.41, 5.74) is 0.647. The first-order valence-corrected chi connectivity index (χ1v) is 8.94. The third-order valence-corrected chi connectivity index (χ3v) is 4.52. The number of hydrogen-bond donors (Lipinski definition) is 0. The van der Waals surface area contributed by atoms with Crippen LogP contribution in [0.3, 0.4) is 0 Å². The Morgan fingerprint density at radius 1 is 1.04 bits per heavy atom. The summed E-state index contributed by atoms with van der Waals surface area (Å²) in [4.78, 5) is 39.6. The van der Waals surface area contributed by atoms with Crippen molar-refractivity contribution in [3.63, 3.8) is 0 Å². The van der Waals surface area contributed by atoms with Crippen LogP contribution in [0.5, 0.6) is 0 Å². The Labute approximate surface area is 155 Å². The summed E-state index contributed by atoms with van der Waals surface area (Å²) in [5, 5.41) is 0. The molecule has 6 nitrogen and oxygen atoms in total. The van der Waals surface area contributed by atoms with Crippen molar-refractivity contribution in [3.8, 4) is 0 Å². The summed E-state index contributed by atoms with van der Waals surface area (Å²) in [7, 11) is 1.79. The minimum absolute atomic E-state index is 0.0214. The Hall–Kier alpha value is -2.37. The maximum atomic E-state index is 12.7. The molecule has 0 unspecified atom stereocenters. The molecule has 1 aliphatic rings. The standard InChI is InChI=1S/C20H28N2O4/c1-14(23)15-6-8-16(9-7-15)18(24)21(5)17-10-12-22(13-11-17)19(25)26-20(2,3)4/h6-9,17H,10-13H2,1-5H3. The van der Waals surface area contributed by atoms with Crippen molar-refractivity contribution in [2.75, 3.05) is 20.1 Å². The lowest BCUT2D eigenvalue weighted by Crippen LogP contribution is -2.48. The van der Waals surface area contributed by atoms with Crippen LogP contribution in [-0.4, -0.2) is 59.4 Å². The number of piperidine rings is 1. The number of ketones is 1. The third kappa shape index (κ3) is 5.07. The lowest BCUT2D eigenvalue weighted by Gasteiger charge is -2.37. The summed E-state index contributed by atoms with van der Waals surface area (Å²) < 4.78 is 5.40. The van der Waals surface area contributed by atoms with Crippen LogP contribution in [0, 0.1) is 0 Å². The molecule has 0 bridgehead atoms. The van der Waals surface area contributed by atoms with Gasteiger partial charge in [-0.2, -0.15) is 0 Å². The van der Waals surface area contributed by atoms with Gasteiger partial charge in [0.15, 0.2) is 5.78 Å². The van der Waals surface area contributed by atoms with E-state index in [1.165, 1.54) is 6.92 Å². The zero-order valence-electron chi connectivity index (χ0n) is 16.2. The van der Waals surface area contributed by atoms with E-state index < -0.39 is 5.60 Å². The summed E-state index contributed by atoms with van der Waals surface area (Å²) in [6.45, 7) is 8.19. The van der Waals surface area contributed by atoms with E-state index in [2.05, 4.69) is 0 Å². The van der Waals surface area contributed by atoms with Gasteiger partial charge in [-0.3, -0.25) is 9.59 Å². The topological polar surface area (TPSA) is 66.9 Å². The number of rotatable bonds is 3. The molecule has 1 saturated heterocycles. The number of hydrogen-bond acceptors (Lipinski definition) is 4. The van der Waals surface area contributed by atoms with Crippen molar-refractivity contribution in [3.05, 3.63) is 35.4 Å². The average molecular weight is 360 g/mol. The highest BCUT2D eigenvalue weighted by atomic mass is 16.6. The Balaban J connectivity index is 1.93. The Kier molecular flexibility index (Phi) is 6.05. The van der Waals surface area contributed by atoms with Gasteiger partial charge in [0.2, 0.25) is 0 Å². The molecule has 26 heavy (non-hydrogen) atoms. The van der Waals surface area contributed by atoms with Gasteiger partial charge in [0.05, 0.1) is 0 Å². The van der Waals surface area contributed by atoms with Gasteiger partial charge in [0.1, 0.15) is 5.60 Å². The Morgan fingerprint density at radius 2 is 1.54 bits per heavy atom. The SMILES string of the molecule is CC(=O)c1ccc(C(=O)N(C)C2CCN(C(=O)OC(C)(C)C)CC2)cc1. The Morgan fingerprint density at radius 3 is 2.00 bits per heavy atom. The summed E-state index contributed by atoms with van der Waals surface area (Å²) >= 11 is 0. The van der Waals surface area contributed by atoms with Crippen LogP contribution in [0.15, 0.2) is 24.3 Å². The monoisotopic (exact) mass is 360 g/mol. The van der Waals surface area contributed by atoms with Gasteiger partial charge in [0.25, 0.3) is 5.91 Å². The maximum absolute atomic E-state index is 12.7. The molecule has 1 fully saturated rings. The summed E-state index contributed by atoms with van der Waals surface area (Å²) in [6.07, 6.45) is 1.13. The molecule has 2 rings (SSSR count). The number of carbonyl (C=O) groups excluding carboxylic acids is 3. The van der Waals surface area contributed by atoms with Crippen molar-refractivity contribution in [2.24, 2.45) is 0 Å². The van der Waals surface area contributed by atoms with Gasteiger partial charge in [-0.15, -0.1) is 0 Å². The van der Waals surface area contributed by atoms with Crippen LogP contribution in [-0.2, 0) is 4.74 Å². The van der Waals surface area contributed by atoms with Gasteiger partial charge in [-0.1, -0.05) is 12.1 Å². The van der Waals surface area contributed by atoms with Crippen LogP contribution in [0.1, 0.15) is 61.3 Å². The largest absolute Gasteiger partial charge is 0.444 e. The molecule has 142 valence electrons. The number of ether oxygens (including phenoxy) is 1. The van der Waals surface area contributed by atoms with Gasteiger partial charge in [-0.05, 0) is 52.7 Å². The summed E-state index contributed by atoms with van der Waals surface area (Å²) in [6, 6.07) is 6.80. The van der Waals surface area contributed by atoms with Gasteiger partial charge in [-0.25, -0.2) is 4.79 Å². The number of nitrogens with zero attached hydrogens (tertiary/aromatic N) is 2. The fourth-order valence-electron chi connectivity index (χ4n) is 2.98. The van der Waals surface area contributed by atoms with Crippen molar-refractivity contribution in [1.29, 1.82) is 0 Å². The van der Waals surface area contributed by atoms with Crippen LogP contribution in [0.2, 0.25) is 0 Å². The quantitative estimate of drug-likeness (QED) is 0.775. The fraction of sp³-hybridized carbons (Fsp3) is 0.550. The van der Waals surface area contributed by atoms with E-state index in [0.29, 0.717) is 37.1 Å². The lowest BCUT2D eigenvalue weighted by atomic mass is 10.0. The van der Waals surface area contributed by atoms with Crippen LogP contribution in [0.25, 0.3) is 0 Å². The van der Waals surface area contributed by atoms with Gasteiger partial charge in [0, 0.05) is 37.3 Å². The molecular weight excluding hydrogens is 332 g/mol. The Bertz CT molecular complexity index is 668. The second kappa shape index (κ2) is 7.89. The fourth-order valence-corrected chi connectivity index (χ4v) is 2.98. The number of Topliss-reactive ketones (excluding diaryl/α,β-unsaturated/α-hetero) is 1. The lowest BCUT2D eigenvalue weighted by molar-refractivity contribution is 0.0160. The first kappa shape index (κ1) is 19.9. The van der Waals surface area contributed by atoms with Crippen molar-refractivity contribution in [2.45, 2.75) is 52.2 Å². The number of amides is 2. The highest BCUT2D eigenvalue weighted by Gasteiger charge is 2.30. The van der Waals surface area contributed by atoms with E-state index in [0.717, 1.165) is 0 Å². The van der Waals surface area contributed by atoms with E-state index in [4.69, 9.17) is 4.74 Å². The van der Waals surface area contributed by atoms with Gasteiger partial charge < -0.3 is 14.5 Å². The number of benzene rings is 1. The van der Waals surface area contributed by atoms with E-state index in [1.807, 2.05) is 20.8 Å². The average Bonchev–Trinajstić information content (AvgIpc) is 2.59. The highest BCUT2D eigenvalue weighted by molar-refractivity contribution is 5.97. The van der Waals surface area contributed by atoms with Crippen LogP contribution >= 0.6 is 0 Å². The van der Waals surface area contributed by atoms with E-state index >= 15 is 0 Å². The molecular formula is C20H28N2O4. The molecule has 2 amide bonds. The predicted molar refractivity (Wildman–Crippen MR) is 99.4 cm³/mol. The second-order valence-electron chi connectivity index (χ2n) is 7.75. The minimum atomic E-state index is -0.507. The van der Waals surface area contributed by atoms with Crippen molar-refractivity contribution < 1.29 is 19.1 Å². The van der Waals surface area contributed by atoms with E-state index in [-0.39, 0.29) is 23.8 Å². The molecule has 0 aliphatic carbocycles. The molecule has 0 spiro atoms. The van der Waals surface area contributed by atoms with E-state index in [1.54, 1.807) is 41.1 Å². The smallest absolute Gasteiger partial charge is 0.410 e. The van der Waals surface area contributed by atoms with Crippen molar-refractivity contribution >= 4 is 17.8 Å². The summed E-state index contributed by atoms with van der Waals surface area (Å²) in [5.74, 6) is -0.0947. The zero-order valence-corrected chi connectivity index (χ0v) is 16.2. The molecule has 0 saturated carbocycles. The zero-order chi connectivity index (χ0) is 19.5. The molecule has 0 aromatic heterocycles. The van der Waals surface area contributed by atoms with Gasteiger partial charge >= 0.3 is 6.09 Å². The van der Waals surface area contributed by atoms with Crippen LogP contribution in [0.4, 0.5) is 4.79 Å². The second-order valence-corrected chi connectivity index (χ2v) is 7.75. The molecule has 0 atom stereocenters. The molecule has 1 aliphatic heterocycles. The third-order valence-electron chi connectivity index (χ3n) is 4.52. The minimum Gasteiger partial charge on any atom is -0.444 e. The number of likely N-dealkylation sites (tertiary alicyclic amines) is 1. The van der Waals surface area contributed by atoms with Crippen molar-refractivity contribution in [1.82, 2.24) is 9.80 Å². The first-order chi connectivity index (χ1) is 12.1. The normalized spacial score (nSPS) is 15.5. The number of carbonyl (C=O) groups is 3. The van der Waals surface area contributed by atoms with E-state index in [9.17, 15) is 14.4 Å². The predicted octanol–water partition coefficient (Wildman–Crippen LogP) is 3.36. The molecule has 0 radical (unpaired) electrons. The molecule has 1 aromatic carbocycles. The maximum Gasteiger partial charge on any atom is 0.410 e. The first-order valence-electron chi connectivity index (χ1n) is 8.94. The molecule has 1 heterocycles. The highest BCUT2D eigenvalue weighted by Crippen LogP contribution is 2.20. The molecule has 0 N–H and O–H groups in total. The van der Waals surface area contributed by atoms with Crippen LogP contribution < -0.4 is 0 Å².